The lowest BCUT2D eigenvalue weighted by molar-refractivity contribution is -0.143. The topological polar surface area (TPSA) is 59.0 Å². The fourth-order valence-electron chi connectivity index (χ4n) is 2.22. The lowest BCUT2D eigenvalue weighted by atomic mass is 9.98. The fraction of sp³-hybridized carbons (Fsp3) is 0.400. The van der Waals surface area contributed by atoms with E-state index in [1.165, 1.54) is 5.01 Å². The lowest BCUT2D eigenvalue weighted by Crippen LogP contribution is -2.27. The second-order valence-corrected chi connectivity index (χ2v) is 5.20. The second kappa shape index (κ2) is 6.72. The Labute approximate surface area is 128 Å². The third-order valence-corrected chi connectivity index (χ3v) is 3.50. The Bertz CT molecular complexity index is 586. The first-order valence-corrected chi connectivity index (χ1v) is 7.21. The molecule has 5 nitrogen and oxygen atoms in total. The highest BCUT2D eigenvalue weighted by Crippen LogP contribution is 2.28. The molecule has 1 atom stereocenters. The van der Waals surface area contributed by atoms with Gasteiger partial charge in [-0.05, 0) is 38.5 Å². The van der Waals surface area contributed by atoms with Crippen molar-refractivity contribution in [3.05, 3.63) is 29.3 Å². The highest BCUT2D eigenvalue weighted by Gasteiger charge is 2.34. The summed E-state index contributed by atoms with van der Waals surface area (Å²) >= 11 is 5.93. The van der Waals surface area contributed by atoms with Crippen molar-refractivity contribution in [1.82, 2.24) is 0 Å². The maximum atomic E-state index is 12.4. The molecular weight excluding hydrogens is 292 g/mol. The van der Waals surface area contributed by atoms with Crippen LogP contribution in [0.2, 0.25) is 5.02 Å². The van der Waals surface area contributed by atoms with Crippen LogP contribution in [0.4, 0.5) is 5.69 Å². The molecule has 0 aromatic heterocycles. The van der Waals surface area contributed by atoms with Gasteiger partial charge in [-0.2, -0.15) is 5.10 Å². The smallest absolute Gasteiger partial charge is 0.305 e. The molecule has 0 radical (unpaired) electrons. The van der Waals surface area contributed by atoms with Crippen molar-refractivity contribution in [2.45, 2.75) is 26.7 Å². The van der Waals surface area contributed by atoms with Crippen LogP contribution >= 0.6 is 11.6 Å². The van der Waals surface area contributed by atoms with E-state index in [-0.39, 0.29) is 24.2 Å². The van der Waals surface area contributed by atoms with Gasteiger partial charge in [0.15, 0.2) is 0 Å². The summed E-state index contributed by atoms with van der Waals surface area (Å²) in [6.07, 6.45) is 0.616. The van der Waals surface area contributed by atoms with Crippen molar-refractivity contribution in [2.75, 3.05) is 11.6 Å². The van der Waals surface area contributed by atoms with Crippen molar-refractivity contribution in [2.24, 2.45) is 11.0 Å². The van der Waals surface area contributed by atoms with Crippen molar-refractivity contribution in [3.8, 4) is 0 Å². The van der Waals surface area contributed by atoms with Gasteiger partial charge in [0.25, 0.3) is 5.91 Å². The summed E-state index contributed by atoms with van der Waals surface area (Å²) in [5.74, 6) is -0.813. The van der Waals surface area contributed by atoms with Gasteiger partial charge in [-0.25, -0.2) is 5.01 Å². The molecule has 1 aromatic rings. The first-order valence-electron chi connectivity index (χ1n) is 6.83. The van der Waals surface area contributed by atoms with Gasteiger partial charge in [0, 0.05) is 17.2 Å². The SMILES string of the molecule is CCOC(=O)CCC1C(=O)N(c2cccc(Cl)c2)N=C1C. The van der Waals surface area contributed by atoms with Gasteiger partial charge in [-0.15, -0.1) is 0 Å². The maximum Gasteiger partial charge on any atom is 0.305 e. The molecule has 0 aliphatic carbocycles. The number of anilines is 1. The highest BCUT2D eigenvalue weighted by atomic mass is 35.5. The average molecular weight is 309 g/mol. The van der Waals surface area contributed by atoms with Gasteiger partial charge >= 0.3 is 5.97 Å². The summed E-state index contributed by atoms with van der Waals surface area (Å²) in [6, 6.07) is 6.96. The normalized spacial score (nSPS) is 17.9. The number of esters is 1. The van der Waals surface area contributed by atoms with E-state index in [4.69, 9.17) is 16.3 Å². The van der Waals surface area contributed by atoms with E-state index in [2.05, 4.69) is 5.10 Å². The Kier molecular flexibility index (Phi) is 4.96. The predicted octanol–water partition coefficient (Wildman–Crippen LogP) is 3.02. The molecule has 0 spiro atoms. The predicted molar refractivity (Wildman–Crippen MR) is 81.4 cm³/mol. The Morgan fingerprint density at radius 2 is 2.24 bits per heavy atom. The number of rotatable bonds is 5. The summed E-state index contributed by atoms with van der Waals surface area (Å²) in [5, 5.41) is 6.16. The minimum absolute atomic E-state index is 0.140. The van der Waals surface area contributed by atoms with Crippen LogP contribution in [0.1, 0.15) is 26.7 Å². The van der Waals surface area contributed by atoms with Crippen LogP contribution in [0, 0.1) is 5.92 Å². The van der Waals surface area contributed by atoms with Crippen molar-refractivity contribution in [3.63, 3.8) is 0 Å². The van der Waals surface area contributed by atoms with Gasteiger partial charge in [0.05, 0.1) is 18.2 Å². The monoisotopic (exact) mass is 308 g/mol. The van der Waals surface area contributed by atoms with Crippen molar-refractivity contribution < 1.29 is 14.3 Å². The maximum absolute atomic E-state index is 12.4. The standard InChI is InChI=1S/C15H17ClN2O3/c1-3-21-14(19)8-7-13-10(2)17-18(15(13)20)12-6-4-5-11(16)9-12/h4-6,9,13H,3,7-8H2,1-2H3. The number of hydrazone groups is 1. The lowest BCUT2D eigenvalue weighted by Gasteiger charge is -2.14. The third-order valence-electron chi connectivity index (χ3n) is 3.26. The minimum atomic E-state index is -0.381. The van der Waals surface area contributed by atoms with Crippen LogP contribution < -0.4 is 5.01 Å². The zero-order valence-corrected chi connectivity index (χ0v) is 12.8. The number of amides is 1. The summed E-state index contributed by atoms with van der Waals surface area (Å²) in [5.41, 5.74) is 1.33. The molecule has 6 heteroatoms. The number of hydrogen-bond donors (Lipinski definition) is 0. The van der Waals surface area contributed by atoms with E-state index in [0.29, 0.717) is 29.4 Å². The molecule has 0 saturated heterocycles. The molecule has 2 rings (SSSR count). The number of ether oxygens (including phenoxy) is 1. The van der Waals surface area contributed by atoms with Crippen LogP contribution in [0.5, 0.6) is 0 Å². The number of benzene rings is 1. The summed E-state index contributed by atoms with van der Waals surface area (Å²) < 4.78 is 4.88. The molecule has 1 heterocycles. The van der Waals surface area contributed by atoms with Crippen LogP contribution in [-0.2, 0) is 14.3 Å². The molecule has 1 unspecified atom stereocenters. The highest BCUT2D eigenvalue weighted by molar-refractivity contribution is 6.31. The van der Waals surface area contributed by atoms with Gasteiger partial charge in [0.1, 0.15) is 0 Å². The molecule has 1 aliphatic heterocycles. The molecular formula is C15H17ClN2O3. The summed E-state index contributed by atoms with van der Waals surface area (Å²) in [4.78, 5) is 23.8. The summed E-state index contributed by atoms with van der Waals surface area (Å²) in [7, 11) is 0. The molecule has 0 N–H and O–H groups in total. The summed E-state index contributed by atoms with van der Waals surface area (Å²) in [6.45, 7) is 3.89. The number of carbonyl (C=O) groups is 2. The van der Waals surface area contributed by atoms with E-state index in [0.717, 1.165) is 0 Å². The Balaban J connectivity index is 2.06. The van der Waals surface area contributed by atoms with Gasteiger partial charge in [-0.1, -0.05) is 17.7 Å². The Morgan fingerprint density at radius 1 is 1.48 bits per heavy atom. The zero-order valence-electron chi connectivity index (χ0n) is 12.0. The zero-order chi connectivity index (χ0) is 15.4. The van der Waals surface area contributed by atoms with Crippen LogP contribution in [0.25, 0.3) is 0 Å². The molecule has 0 fully saturated rings. The average Bonchev–Trinajstić information content (AvgIpc) is 2.72. The van der Waals surface area contributed by atoms with Crippen LogP contribution in [0.15, 0.2) is 29.4 Å². The molecule has 1 aliphatic rings. The molecule has 21 heavy (non-hydrogen) atoms. The van der Waals surface area contributed by atoms with E-state index >= 15 is 0 Å². The second-order valence-electron chi connectivity index (χ2n) is 4.77. The van der Waals surface area contributed by atoms with E-state index in [9.17, 15) is 9.59 Å². The largest absolute Gasteiger partial charge is 0.466 e. The minimum Gasteiger partial charge on any atom is -0.466 e. The quantitative estimate of drug-likeness (QED) is 0.786. The fourth-order valence-corrected chi connectivity index (χ4v) is 2.41. The molecule has 1 aromatic carbocycles. The van der Waals surface area contributed by atoms with Crippen molar-refractivity contribution >= 4 is 34.9 Å². The van der Waals surface area contributed by atoms with Gasteiger partial charge in [0.2, 0.25) is 0 Å². The van der Waals surface area contributed by atoms with Gasteiger partial charge < -0.3 is 4.74 Å². The molecule has 0 saturated carbocycles. The Morgan fingerprint density at radius 3 is 2.90 bits per heavy atom. The van der Waals surface area contributed by atoms with E-state index in [1.54, 1.807) is 38.1 Å². The number of nitrogens with zero attached hydrogens (tertiary/aromatic N) is 2. The van der Waals surface area contributed by atoms with E-state index in [1.807, 2.05) is 0 Å². The Hall–Kier alpha value is -1.88. The molecule has 1 amide bonds. The van der Waals surface area contributed by atoms with Gasteiger partial charge in [-0.3, -0.25) is 9.59 Å². The first kappa shape index (κ1) is 15.5. The van der Waals surface area contributed by atoms with Crippen LogP contribution in [0.3, 0.4) is 0 Å². The number of hydrogen-bond acceptors (Lipinski definition) is 4. The van der Waals surface area contributed by atoms with E-state index < -0.39 is 0 Å². The first-order chi connectivity index (χ1) is 10.0. The number of halogens is 1. The number of carbonyl (C=O) groups excluding carboxylic acids is 2. The van der Waals surface area contributed by atoms with Crippen LogP contribution in [-0.4, -0.2) is 24.2 Å². The molecule has 112 valence electrons. The van der Waals surface area contributed by atoms with Crippen molar-refractivity contribution in [1.29, 1.82) is 0 Å². The third kappa shape index (κ3) is 3.61. The molecule has 0 bridgehead atoms.